The number of benzene rings is 1. The summed E-state index contributed by atoms with van der Waals surface area (Å²) in [4.78, 5) is 21.0. The second-order valence-corrected chi connectivity index (χ2v) is 9.64. The Bertz CT molecular complexity index is 1040. The maximum Gasteiger partial charge on any atom is 0.253 e. The van der Waals surface area contributed by atoms with Crippen LogP contribution >= 0.6 is 11.3 Å². The molecule has 1 aromatic carbocycles. The fourth-order valence-corrected chi connectivity index (χ4v) is 6.24. The quantitative estimate of drug-likeness (QED) is 0.716. The molecule has 2 N–H and O–H groups in total. The highest BCUT2D eigenvalue weighted by Gasteiger charge is 2.40. The van der Waals surface area contributed by atoms with Crippen molar-refractivity contribution in [3.8, 4) is 0 Å². The van der Waals surface area contributed by atoms with Gasteiger partial charge in [-0.05, 0) is 44.0 Å². The molecule has 1 aliphatic heterocycles. The lowest BCUT2D eigenvalue weighted by Crippen LogP contribution is -2.43. The maximum atomic E-state index is 12.9. The molecule has 0 bridgehead atoms. The van der Waals surface area contributed by atoms with E-state index in [-0.39, 0.29) is 10.1 Å². The van der Waals surface area contributed by atoms with Gasteiger partial charge in [-0.2, -0.15) is 4.31 Å². The van der Waals surface area contributed by atoms with Crippen LogP contribution in [0.2, 0.25) is 0 Å². The molecular weight excluding hydrogens is 372 g/mol. The van der Waals surface area contributed by atoms with Crippen molar-refractivity contribution in [1.82, 2.24) is 14.3 Å². The van der Waals surface area contributed by atoms with Crippen LogP contribution in [0.1, 0.15) is 17.7 Å². The zero-order valence-electron chi connectivity index (χ0n) is 14.1. The number of para-hydroxylation sites is 2. The molecule has 0 aliphatic carbocycles. The van der Waals surface area contributed by atoms with Gasteiger partial charge >= 0.3 is 0 Å². The highest BCUT2D eigenvalue weighted by molar-refractivity contribution is 7.91. The zero-order chi connectivity index (χ0) is 18.3. The first-order valence-electron chi connectivity index (χ1n) is 8.29. The Balaban J connectivity index is 1.56. The molecule has 1 amide bonds. The molecule has 7 nitrogen and oxygen atoms in total. The van der Waals surface area contributed by atoms with Crippen molar-refractivity contribution < 1.29 is 13.2 Å². The molecule has 26 heavy (non-hydrogen) atoms. The number of fused-ring (bicyclic) bond motifs is 1. The molecule has 136 valence electrons. The summed E-state index contributed by atoms with van der Waals surface area (Å²) in [6.45, 7) is 2.21. The van der Waals surface area contributed by atoms with Gasteiger partial charge in [0.15, 0.2) is 0 Å². The average Bonchev–Trinajstić information content (AvgIpc) is 3.33. The number of aromatic amines is 1. The second kappa shape index (κ2) is 6.49. The molecule has 1 unspecified atom stereocenters. The summed E-state index contributed by atoms with van der Waals surface area (Å²) in [7, 11) is -3.67. The Labute approximate surface area is 155 Å². The van der Waals surface area contributed by atoms with Gasteiger partial charge in [-0.3, -0.25) is 10.1 Å². The standard InChI is InChI=1S/C17H18N4O3S2/c1-11-8-9-15(25-11)26(23,24)21-10-4-7-14(21)16(22)20-17-18-12-5-2-3-6-13(12)19-17/h2-3,5-6,8-9,14H,4,7,10H2,1H3,(H2,18,19,20,22). The third-order valence-electron chi connectivity index (χ3n) is 4.42. The first kappa shape index (κ1) is 17.2. The lowest BCUT2D eigenvalue weighted by atomic mass is 10.2. The first-order valence-corrected chi connectivity index (χ1v) is 10.5. The van der Waals surface area contributed by atoms with Gasteiger partial charge in [0.25, 0.3) is 10.0 Å². The summed E-state index contributed by atoms with van der Waals surface area (Å²) < 4.78 is 27.4. The molecule has 3 aromatic rings. The number of carbonyl (C=O) groups is 1. The summed E-state index contributed by atoms with van der Waals surface area (Å²) in [5.41, 5.74) is 1.56. The van der Waals surface area contributed by atoms with Crippen molar-refractivity contribution in [3.05, 3.63) is 41.3 Å². The van der Waals surface area contributed by atoms with Crippen molar-refractivity contribution >= 4 is 44.2 Å². The lowest BCUT2D eigenvalue weighted by molar-refractivity contribution is -0.119. The number of carbonyl (C=O) groups excluding carboxylic acids is 1. The van der Waals surface area contributed by atoms with Gasteiger partial charge < -0.3 is 4.98 Å². The van der Waals surface area contributed by atoms with Gasteiger partial charge in [-0.1, -0.05) is 12.1 Å². The minimum atomic E-state index is -3.67. The topological polar surface area (TPSA) is 95.2 Å². The summed E-state index contributed by atoms with van der Waals surface area (Å²) >= 11 is 1.22. The number of anilines is 1. The molecule has 4 rings (SSSR count). The Hall–Kier alpha value is -2.23. The van der Waals surface area contributed by atoms with E-state index in [9.17, 15) is 13.2 Å². The first-order chi connectivity index (χ1) is 12.4. The Morgan fingerprint density at radius 3 is 2.85 bits per heavy atom. The van der Waals surface area contributed by atoms with Crippen LogP contribution in [0.15, 0.2) is 40.6 Å². The number of rotatable bonds is 4. The van der Waals surface area contributed by atoms with Crippen LogP contribution in [-0.4, -0.2) is 41.2 Å². The second-order valence-electron chi connectivity index (χ2n) is 6.23. The van der Waals surface area contributed by atoms with E-state index in [1.54, 1.807) is 12.1 Å². The van der Waals surface area contributed by atoms with Crippen molar-refractivity contribution in [2.45, 2.75) is 30.0 Å². The van der Waals surface area contributed by atoms with Crippen molar-refractivity contribution in [2.75, 3.05) is 11.9 Å². The van der Waals surface area contributed by atoms with Gasteiger partial charge in [-0.15, -0.1) is 11.3 Å². The zero-order valence-corrected chi connectivity index (χ0v) is 15.7. The number of sulfonamides is 1. The molecule has 0 saturated carbocycles. The van der Waals surface area contributed by atoms with E-state index in [2.05, 4.69) is 15.3 Å². The highest BCUT2D eigenvalue weighted by Crippen LogP contribution is 2.30. The Kier molecular flexibility index (Phi) is 4.29. The van der Waals surface area contributed by atoms with Gasteiger partial charge in [0, 0.05) is 11.4 Å². The number of nitrogens with zero attached hydrogens (tertiary/aromatic N) is 2. The van der Waals surface area contributed by atoms with Crippen LogP contribution in [0.3, 0.4) is 0 Å². The van der Waals surface area contributed by atoms with E-state index in [0.29, 0.717) is 25.3 Å². The van der Waals surface area contributed by atoms with Crippen LogP contribution in [0.25, 0.3) is 11.0 Å². The molecule has 0 radical (unpaired) electrons. The number of H-pyrrole nitrogens is 1. The maximum absolute atomic E-state index is 12.9. The van der Waals surface area contributed by atoms with Crippen molar-refractivity contribution in [2.24, 2.45) is 0 Å². The minimum absolute atomic E-state index is 0.276. The van der Waals surface area contributed by atoms with Crippen LogP contribution in [0.4, 0.5) is 5.95 Å². The molecule has 9 heteroatoms. The van der Waals surface area contributed by atoms with Crippen molar-refractivity contribution in [1.29, 1.82) is 0 Å². The molecular formula is C17H18N4O3S2. The van der Waals surface area contributed by atoms with E-state index in [4.69, 9.17) is 0 Å². The van der Waals surface area contributed by atoms with Crippen LogP contribution in [0.5, 0.6) is 0 Å². The summed E-state index contributed by atoms with van der Waals surface area (Å²) in [6, 6.07) is 10.1. The highest BCUT2D eigenvalue weighted by atomic mass is 32.2. The summed E-state index contributed by atoms with van der Waals surface area (Å²) in [5, 5.41) is 2.72. The molecule has 3 heterocycles. The number of imidazole rings is 1. The molecule has 0 spiro atoms. The third-order valence-corrected chi connectivity index (χ3v) is 7.79. The van der Waals surface area contributed by atoms with E-state index in [1.165, 1.54) is 15.6 Å². The van der Waals surface area contributed by atoms with E-state index < -0.39 is 16.1 Å². The number of thiophene rings is 1. The molecule has 1 saturated heterocycles. The van der Waals surface area contributed by atoms with Crippen LogP contribution < -0.4 is 5.32 Å². The molecule has 2 aromatic heterocycles. The average molecular weight is 390 g/mol. The monoisotopic (exact) mass is 390 g/mol. The number of hydrogen-bond donors (Lipinski definition) is 2. The predicted molar refractivity (Wildman–Crippen MR) is 101 cm³/mol. The fourth-order valence-electron chi connectivity index (χ4n) is 3.17. The van der Waals surface area contributed by atoms with Gasteiger partial charge in [0.2, 0.25) is 11.9 Å². The van der Waals surface area contributed by atoms with E-state index in [1.807, 2.05) is 31.2 Å². The summed E-state index contributed by atoms with van der Waals surface area (Å²) in [5.74, 6) is -0.0363. The number of hydrogen-bond acceptors (Lipinski definition) is 5. The lowest BCUT2D eigenvalue weighted by Gasteiger charge is -2.22. The molecule has 1 fully saturated rings. The molecule has 1 atom stereocenters. The van der Waals surface area contributed by atoms with Crippen LogP contribution in [0, 0.1) is 6.92 Å². The van der Waals surface area contributed by atoms with Gasteiger partial charge in [0.05, 0.1) is 11.0 Å². The predicted octanol–water partition coefficient (Wildman–Crippen LogP) is 2.72. The largest absolute Gasteiger partial charge is 0.324 e. The van der Waals surface area contributed by atoms with Gasteiger partial charge in [0.1, 0.15) is 10.3 Å². The van der Waals surface area contributed by atoms with Gasteiger partial charge in [-0.25, -0.2) is 13.4 Å². The SMILES string of the molecule is Cc1ccc(S(=O)(=O)N2CCCC2C(=O)Nc2nc3ccccc3[nH]2)s1. The van der Waals surface area contributed by atoms with Crippen molar-refractivity contribution in [3.63, 3.8) is 0 Å². The fraction of sp³-hybridized carbons (Fsp3) is 0.294. The van der Waals surface area contributed by atoms with E-state index in [0.717, 1.165) is 15.9 Å². The smallest absolute Gasteiger partial charge is 0.253 e. The van der Waals surface area contributed by atoms with Crippen LogP contribution in [-0.2, 0) is 14.8 Å². The number of aromatic nitrogens is 2. The number of aryl methyl sites for hydroxylation is 1. The third kappa shape index (κ3) is 3.02. The normalized spacial score (nSPS) is 18.4. The number of nitrogens with one attached hydrogen (secondary N) is 2. The summed E-state index contributed by atoms with van der Waals surface area (Å²) in [6.07, 6.45) is 1.15. The minimum Gasteiger partial charge on any atom is -0.324 e. The Morgan fingerprint density at radius 1 is 1.31 bits per heavy atom. The van der Waals surface area contributed by atoms with E-state index >= 15 is 0 Å². The number of amides is 1. The molecule has 1 aliphatic rings. The Morgan fingerprint density at radius 2 is 2.12 bits per heavy atom.